The van der Waals surface area contributed by atoms with E-state index in [1.165, 1.54) is 38.5 Å². The molecule has 7 nitrogen and oxygen atoms in total. The first-order valence-corrected chi connectivity index (χ1v) is 7.51. The Morgan fingerprint density at radius 1 is 1.24 bits per heavy atom. The predicted octanol–water partition coefficient (Wildman–Crippen LogP) is 0.861. The fourth-order valence-corrected chi connectivity index (χ4v) is 2.64. The zero-order chi connectivity index (χ0) is 15.1. The van der Waals surface area contributed by atoms with Crippen molar-refractivity contribution in [2.24, 2.45) is 5.73 Å². The molecule has 1 fully saturated rings. The van der Waals surface area contributed by atoms with Gasteiger partial charge in [0.1, 0.15) is 0 Å². The second-order valence-corrected chi connectivity index (χ2v) is 5.43. The molecule has 116 valence electrons. The Morgan fingerprint density at radius 2 is 1.95 bits per heavy atom. The van der Waals surface area contributed by atoms with E-state index in [1.807, 2.05) is 6.07 Å². The summed E-state index contributed by atoms with van der Waals surface area (Å²) in [6.45, 7) is -0.219. The van der Waals surface area contributed by atoms with Crippen LogP contribution >= 0.6 is 0 Å². The highest BCUT2D eigenvalue weighted by molar-refractivity contribution is 5.94. The average Bonchev–Trinajstić information content (AvgIpc) is 2.77. The van der Waals surface area contributed by atoms with Crippen molar-refractivity contribution in [3.05, 3.63) is 11.8 Å². The van der Waals surface area contributed by atoms with Gasteiger partial charge in [-0.1, -0.05) is 25.7 Å². The summed E-state index contributed by atoms with van der Waals surface area (Å²) >= 11 is 0. The SMILES string of the molecule is NCC(=O)NCC(=O)Nc1cc(C2CCCCCC2)[nH]n1. The Hall–Kier alpha value is -1.89. The molecular formula is C14H23N5O2. The highest BCUT2D eigenvalue weighted by Gasteiger charge is 2.17. The number of aromatic nitrogens is 2. The summed E-state index contributed by atoms with van der Waals surface area (Å²) in [7, 11) is 0. The number of rotatable bonds is 5. The lowest BCUT2D eigenvalue weighted by Crippen LogP contribution is -2.36. The van der Waals surface area contributed by atoms with Crippen LogP contribution in [-0.4, -0.2) is 35.1 Å². The van der Waals surface area contributed by atoms with Crippen LogP contribution in [0.3, 0.4) is 0 Å². The van der Waals surface area contributed by atoms with E-state index in [2.05, 4.69) is 20.8 Å². The number of H-pyrrole nitrogens is 1. The molecule has 1 saturated carbocycles. The normalized spacial score (nSPS) is 16.2. The van der Waals surface area contributed by atoms with Crippen LogP contribution < -0.4 is 16.4 Å². The van der Waals surface area contributed by atoms with Crippen molar-refractivity contribution < 1.29 is 9.59 Å². The first-order chi connectivity index (χ1) is 10.2. The van der Waals surface area contributed by atoms with Crippen LogP contribution in [0.2, 0.25) is 0 Å². The molecule has 0 unspecified atom stereocenters. The summed E-state index contributed by atoms with van der Waals surface area (Å²) in [5.74, 6) is 0.339. The number of nitrogens with zero attached hydrogens (tertiary/aromatic N) is 1. The molecule has 2 amide bonds. The molecule has 0 atom stereocenters. The third-order valence-corrected chi connectivity index (χ3v) is 3.79. The molecule has 1 heterocycles. The molecule has 1 aliphatic rings. The molecule has 0 aliphatic heterocycles. The van der Waals surface area contributed by atoms with E-state index < -0.39 is 0 Å². The van der Waals surface area contributed by atoms with Gasteiger partial charge in [0.2, 0.25) is 11.8 Å². The summed E-state index contributed by atoms with van der Waals surface area (Å²) < 4.78 is 0. The van der Waals surface area contributed by atoms with Gasteiger partial charge in [0.25, 0.3) is 0 Å². The van der Waals surface area contributed by atoms with Crippen LogP contribution in [-0.2, 0) is 9.59 Å². The lowest BCUT2D eigenvalue weighted by molar-refractivity contribution is -0.123. The van der Waals surface area contributed by atoms with Gasteiger partial charge in [-0.3, -0.25) is 14.7 Å². The molecule has 5 N–H and O–H groups in total. The van der Waals surface area contributed by atoms with E-state index in [1.54, 1.807) is 0 Å². The average molecular weight is 293 g/mol. The van der Waals surface area contributed by atoms with Gasteiger partial charge in [-0.15, -0.1) is 0 Å². The number of nitrogens with two attached hydrogens (primary N) is 1. The van der Waals surface area contributed by atoms with E-state index in [9.17, 15) is 9.59 Å². The van der Waals surface area contributed by atoms with Gasteiger partial charge >= 0.3 is 0 Å². The van der Waals surface area contributed by atoms with Crippen molar-refractivity contribution in [3.63, 3.8) is 0 Å². The summed E-state index contributed by atoms with van der Waals surface area (Å²) in [5.41, 5.74) is 6.23. The summed E-state index contributed by atoms with van der Waals surface area (Å²) in [5, 5.41) is 12.2. The predicted molar refractivity (Wildman–Crippen MR) is 79.7 cm³/mol. The van der Waals surface area contributed by atoms with Crippen molar-refractivity contribution in [2.45, 2.75) is 44.4 Å². The Balaban J connectivity index is 1.84. The standard InChI is InChI=1S/C14H23N5O2/c15-8-13(20)16-9-14(21)17-12-7-11(18-19-12)10-5-3-1-2-4-6-10/h7,10H,1-6,8-9,15H2,(H,16,20)(H2,17,18,19,21). The van der Waals surface area contributed by atoms with Crippen LogP contribution in [0.4, 0.5) is 5.82 Å². The highest BCUT2D eigenvalue weighted by atomic mass is 16.2. The van der Waals surface area contributed by atoms with Crippen molar-refractivity contribution in [2.75, 3.05) is 18.4 Å². The number of aromatic amines is 1. The molecule has 2 rings (SSSR count). The number of amides is 2. The van der Waals surface area contributed by atoms with Crippen LogP contribution in [0, 0.1) is 0 Å². The summed E-state index contributed by atoms with van der Waals surface area (Å²) in [4.78, 5) is 22.6. The molecule has 1 aromatic heterocycles. The van der Waals surface area contributed by atoms with Gasteiger partial charge in [-0.25, -0.2) is 0 Å². The van der Waals surface area contributed by atoms with Crippen LogP contribution in [0.1, 0.15) is 50.1 Å². The maximum Gasteiger partial charge on any atom is 0.244 e. The maximum atomic E-state index is 11.7. The monoisotopic (exact) mass is 293 g/mol. The number of carbonyl (C=O) groups excluding carboxylic acids is 2. The van der Waals surface area contributed by atoms with Crippen molar-refractivity contribution in [3.8, 4) is 0 Å². The van der Waals surface area contributed by atoms with Gasteiger partial charge in [-0.05, 0) is 12.8 Å². The molecule has 0 spiro atoms. The fraction of sp³-hybridized carbons (Fsp3) is 0.643. The number of nitrogens with one attached hydrogen (secondary N) is 3. The number of anilines is 1. The van der Waals surface area contributed by atoms with Crippen molar-refractivity contribution in [1.82, 2.24) is 15.5 Å². The zero-order valence-corrected chi connectivity index (χ0v) is 12.2. The van der Waals surface area contributed by atoms with Gasteiger partial charge in [0.05, 0.1) is 13.1 Å². The Labute approximate surface area is 124 Å². The van der Waals surface area contributed by atoms with Gasteiger partial charge in [0, 0.05) is 17.7 Å². The van der Waals surface area contributed by atoms with E-state index in [0.29, 0.717) is 11.7 Å². The molecular weight excluding hydrogens is 270 g/mol. The minimum Gasteiger partial charge on any atom is -0.346 e. The molecule has 0 bridgehead atoms. The smallest absolute Gasteiger partial charge is 0.244 e. The maximum absolute atomic E-state index is 11.7. The Bertz CT molecular complexity index is 477. The minimum atomic E-state index is -0.355. The molecule has 0 radical (unpaired) electrons. The summed E-state index contributed by atoms with van der Waals surface area (Å²) in [6.07, 6.45) is 7.43. The number of hydrogen-bond donors (Lipinski definition) is 4. The quantitative estimate of drug-likeness (QED) is 0.603. The molecule has 7 heteroatoms. The van der Waals surface area contributed by atoms with E-state index in [0.717, 1.165) is 5.69 Å². The van der Waals surface area contributed by atoms with Crippen molar-refractivity contribution >= 4 is 17.6 Å². The topological polar surface area (TPSA) is 113 Å². The van der Waals surface area contributed by atoms with E-state index in [4.69, 9.17) is 5.73 Å². The van der Waals surface area contributed by atoms with Crippen LogP contribution in [0.25, 0.3) is 0 Å². The third kappa shape index (κ3) is 4.86. The first-order valence-electron chi connectivity index (χ1n) is 7.51. The summed E-state index contributed by atoms with van der Waals surface area (Å²) in [6, 6.07) is 1.89. The third-order valence-electron chi connectivity index (χ3n) is 3.79. The molecule has 0 aromatic carbocycles. The van der Waals surface area contributed by atoms with E-state index >= 15 is 0 Å². The van der Waals surface area contributed by atoms with E-state index in [-0.39, 0.29) is 24.9 Å². The zero-order valence-electron chi connectivity index (χ0n) is 12.2. The molecule has 1 aliphatic carbocycles. The first kappa shape index (κ1) is 15.5. The molecule has 0 saturated heterocycles. The lowest BCUT2D eigenvalue weighted by Gasteiger charge is -2.10. The van der Waals surface area contributed by atoms with Crippen LogP contribution in [0.5, 0.6) is 0 Å². The molecule has 21 heavy (non-hydrogen) atoms. The van der Waals surface area contributed by atoms with Crippen LogP contribution in [0.15, 0.2) is 6.07 Å². The van der Waals surface area contributed by atoms with Gasteiger partial charge in [0.15, 0.2) is 5.82 Å². The number of carbonyl (C=O) groups is 2. The highest BCUT2D eigenvalue weighted by Crippen LogP contribution is 2.31. The largest absolute Gasteiger partial charge is 0.346 e. The minimum absolute atomic E-state index is 0.0956. The number of hydrogen-bond acceptors (Lipinski definition) is 4. The lowest BCUT2D eigenvalue weighted by atomic mass is 9.97. The van der Waals surface area contributed by atoms with Gasteiger partial charge < -0.3 is 16.4 Å². The van der Waals surface area contributed by atoms with Crippen molar-refractivity contribution in [1.29, 1.82) is 0 Å². The molecule has 1 aromatic rings. The van der Waals surface area contributed by atoms with Gasteiger partial charge in [-0.2, -0.15) is 5.10 Å². The second kappa shape index (κ2) is 7.78. The Morgan fingerprint density at radius 3 is 2.62 bits per heavy atom. The Kier molecular flexibility index (Phi) is 5.74. The fourth-order valence-electron chi connectivity index (χ4n) is 2.64. The second-order valence-electron chi connectivity index (χ2n) is 5.43.